The van der Waals surface area contributed by atoms with E-state index in [9.17, 15) is 0 Å². The fourth-order valence-corrected chi connectivity index (χ4v) is 10.9. The largest absolute Gasteiger partial charge is 0.309 e. The molecule has 0 aliphatic rings. The predicted octanol–water partition coefficient (Wildman–Crippen LogP) is 17.7. The molecule has 1 heterocycles. The maximum absolute atomic E-state index is 2.48. The predicted molar refractivity (Wildman–Crippen MR) is 270 cm³/mol. The number of anilines is 3. The summed E-state index contributed by atoms with van der Waals surface area (Å²) in [5.41, 5.74) is 7.98. The number of nitrogens with zero attached hydrogens (tertiary/aromatic N) is 1. The van der Waals surface area contributed by atoms with Crippen molar-refractivity contribution in [3.63, 3.8) is 0 Å². The van der Waals surface area contributed by atoms with Crippen LogP contribution in [0.15, 0.2) is 237 Å². The van der Waals surface area contributed by atoms with Crippen LogP contribution in [0.1, 0.15) is 0 Å². The molecule has 0 aliphatic heterocycles. The maximum atomic E-state index is 2.48. The van der Waals surface area contributed by atoms with Crippen LogP contribution in [0.5, 0.6) is 0 Å². The van der Waals surface area contributed by atoms with E-state index in [2.05, 4.69) is 241 Å². The maximum Gasteiger partial charge on any atom is 0.0540 e. The first-order valence-electron chi connectivity index (χ1n) is 21.3. The van der Waals surface area contributed by atoms with E-state index in [1.165, 1.54) is 96.3 Å². The summed E-state index contributed by atoms with van der Waals surface area (Å²) in [4.78, 5) is 2.48. The molecule has 1 aromatic heterocycles. The van der Waals surface area contributed by atoms with Crippen molar-refractivity contribution in [1.29, 1.82) is 0 Å². The van der Waals surface area contributed by atoms with Crippen molar-refractivity contribution in [1.82, 2.24) is 0 Å². The van der Waals surface area contributed by atoms with E-state index in [1.807, 2.05) is 11.3 Å². The standard InChI is InChI=1S/C60H39NS/c1-3-19-40(20-4-1)43-23-13-16-32-55(43)61(56-33-17-14-24-44(56)41-21-5-2-6-22-41)42-35-36-50-48-28-10-8-26-46(48)45-25-7-9-27-47(45)49-29-11-12-30-51(49)59-52(54(50)39-42)37-38-58-60(59)53-31-15-18-34-57(53)62-58/h1-39H. The minimum absolute atomic E-state index is 1.08. The molecule has 1 nitrogen and oxygen atoms in total. The Bertz CT molecular complexity index is 3670. The van der Waals surface area contributed by atoms with Crippen LogP contribution in [-0.4, -0.2) is 0 Å². The summed E-state index contributed by atoms with van der Waals surface area (Å²) < 4.78 is 2.59. The number of benzene rings is 10. The van der Waals surface area contributed by atoms with E-state index in [4.69, 9.17) is 0 Å². The van der Waals surface area contributed by atoms with Gasteiger partial charge in [-0.25, -0.2) is 0 Å². The average Bonchev–Trinajstić information content (AvgIpc) is 3.73. The molecule has 12 aromatic rings. The van der Waals surface area contributed by atoms with Gasteiger partial charge in [0.25, 0.3) is 0 Å². The Morgan fingerprint density at radius 2 is 0.661 bits per heavy atom. The van der Waals surface area contributed by atoms with Crippen molar-refractivity contribution in [3.05, 3.63) is 237 Å². The molecule has 290 valence electrons. The van der Waals surface area contributed by atoms with Gasteiger partial charge < -0.3 is 4.90 Å². The summed E-state index contributed by atoms with van der Waals surface area (Å²) in [6.07, 6.45) is 0. The lowest BCUT2D eigenvalue weighted by molar-refractivity contribution is 1.29. The van der Waals surface area contributed by atoms with Crippen molar-refractivity contribution in [2.24, 2.45) is 0 Å². The van der Waals surface area contributed by atoms with Crippen LogP contribution in [-0.2, 0) is 0 Å². The molecule has 2 heteroatoms. The fraction of sp³-hybridized carbons (Fsp3) is 0. The lowest BCUT2D eigenvalue weighted by Crippen LogP contribution is -2.12. The molecule has 0 unspecified atom stereocenters. The highest BCUT2D eigenvalue weighted by Gasteiger charge is 2.22. The molecule has 0 saturated heterocycles. The van der Waals surface area contributed by atoms with Crippen molar-refractivity contribution in [2.45, 2.75) is 0 Å². The van der Waals surface area contributed by atoms with Crippen molar-refractivity contribution in [2.75, 3.05) is 4.90 Å². The van der Waals surface area contributed by atoms with Gasteiger partial charge in [0.05, 0.1) is 11.4 Å². The molecule has 0 spiro atoms. The lowest BCUT2D eigenvalue weighted by Gasteiger charge is -2.30. The Morgan fingerprint density at radius 1 is 0.258 bits per heavy atom. The lowest BCUT2D eigenvalue weighted by atomic mass is 9.92. The van der Waals surface area contributed by atoms with Gasteiger partial charge in [0.2, 0.25) is 0 Å². The molecule has 0 N–H and O–H groups in total. The third-order valence-corrected chi connectivity index (χ3v) is 13.6. The number of para-hydroxylation sites is 2. The van der Waals surface area contributed by atoms with Gasteiger partial charge in [0.15, 0.2) is 0 Å². The van der Waals surface area contributed by atoms with Crippen LogP contribution in [0, 0.1) is 0 Å². The molecule has 12 rings (SSSR count). The first kappa shape index (κ1) is 36.1. The molecule has 0 bridgehead atoms. The third kappa shape index (κ3) is 5.91. The second kappa shape index (κ2) is 15.0. The number of rotatable bonds is 5. The highest BCUT2D eigenvalue weighted by molar-refractivity contribution is 7.26. The van der Waals surface area contributed by atoms with Crippen LogP contribution in [0.4, 0.5) is 17.1 Å². The van der Waals surface area contributed by atoms with E-state index in [1.54, 1.807) is 0 Å². The number of hydrogen-bond acceptors (Lipinski definition) is 2. The summed E-state index contributed by atoms with van der Waals surface area (Å²) in [5.74, 6) is 0. The summed E-state index contributed by atoms with van der Waals surface area (Å²) in [6, 6.07) is 87.1. The molecular formula is C60H39NS. The second-order valence-corrected chi connectivity index (χ2v) is 17.0. The summed E-state index contributed by atoms with van der Waals surface area (Å²) in [5, 5.41) is 14.8. The zero-order valence-corrected chi connectivity index (χ0v) is 34.7. The highest BCUT2D eigenvalue weighted by Crippen LogP contribution is 2.48. The van der Waals surface area contributed by atoms with Gasteiger partial charge in [-0.3, -0.25) is 0 Å². The third-order valence-electron chi connectivity index (χ3n) is 12.5. The molecule has 11 aromatic carbocycles. The smallest absolute Gasteiger partial charge is 0.0540 e. The van der Waals surface area contributed by atoms with E-state index in [0.29, 0.717) is 0 Å². The molecule has 0 radical (unpaired) electrons. The van der Waals surface area contributed by atoms with Crippen molar-refractivity contribution < 1.29 is 0 Å². The molecule has 0 amide bonds. The van der Waals surface area contributed by atoms with E-state index in [-0.39, 0.29) is 0 Å². The van der Waals surface area contributed by atoms with Crippen LogP contribution in [0.2, 0.25) is 0 Å². The zero-order chi connectivity index (χ0) is 41.0. The Morgan fingerprint density at radius 3 is 1.23 bits per heavy atom. The number of fused-ring (bicyclic) bond motifs is 14. The molecule has 0 saturated carbocycles. The van der Waals surface area contributed by atoms with Gasteiger partial charge in [0, 0.05) is 37.0 Å². The first-order valence-corrected chi connectivity index (χ1v) is 22.1. The molecular weight excluding hydrogens is 767 g/mol. The zero-order valence-electron chi connectivity index (χ0n) is 33.9. The van der Waals surface area contributed by atoms with E-state index < -0.39 is 0 Å². The van der Waals surface area contributed by atoms with Gasteiger partial charge >= 0.3 is 0 Å². The van der Waals surface area contributed by atoms with E-state index in [0.717, 1.165) is 17.1 Å². The quantitative estimate of drug-likeness (QED) is 0.167. The van der Waals surface area contributed by atoms with Crippen LogP contribution < -0.4 is 4.90 Å². The van der Waals surface area contributed by atoms with Crippen molar-refractivity contribution >= 4 is 102 Å². The summed E-state index contributed by atoms with van der Waals surface area (Å²) >= 11 is 1.88. The van der Waals surface area contributed by atoms with Crippen molar-refractivity contribution in [3.8, 4) is 22.3 Å². The minimum Gasteiger partial charge on any atom is -0.309 e. The summed E-state index contributed by atoms with van der Waals surface area (Å²) in [7, 11) is 0. The van der Waals surface area contributed by atoms with Gasteiger partial charge in [-0.05, 0) is 101 Å². The van der Waals surface area contributed by atoms with Gasteiger partial charge in [-0.2, -0.15) is 0 Å². The monoisotopic (exact) mass is 805 g/mol. The molecule has 62 heavy (non-hydrogen) atoms. The first-order chi connectivity index (χ1) is 30.8. The Kier molecular flexibility index (Phi) is 8.76. The van der Waals surface area contributed by atoms with Crippen LogP contribution in [0.25, 0.3) is 96.3 Å². The molecule has 0 fully saturated rings. The van der Waals surface area contributed by atoms with E-state index >= 15 is 0 Å². The van der Waals surface area contributed by atoms with Gasteiger partial charge in [-0.15, -0.1) is 11.3 Å². The second-order valence-electron chi connectivity index (χ2n) is 15.9. The minimum atomic E-state index is 1.08. The van der Waals surface area contributed by atoms with Gasteiger partial charge in [-0.1, -0.05) is 200 Å². The van der Waals surface area contributed by atoms with Gasteiger partial charge in [0.1, 0.15) is 0 Å². The Labute approximate surface area is 364 Å². The topological polar surface area (TPSA) is 3.24 Å². The molecule has 0 atom stereocenters. The average molecular weight is 806 g/mol. The summed E-state index contributed by atoms with van der Waals surface area (Å²) in [6.45, 7) is 0. The fourth-order valence-electron chi connectivity index (χ4n) is 9.76. The van der Waals surface area contributed by atoms with Crippen LogP contribution >= 0.6 is 11.3 Å². The Balaban J connectivity index is 1.31. The van der Waals surface area contributed by atoms with Crippen LogP contribution in [0.3, 0.4) is 0 Å². The highest BCUT2D eigenvalue weighted by atomic mass is 32.1. The normalized spacial score (nSPS) is 11.5. The SMILES string of the molecule is c1ccc(-c2ccccc2N(c2ccc3c4ccccc4c4ccccc4c4ccccc4c4c(ccc5sc6ccccc6c54)c3c2)c2ccccc2-c2ccccc2)cc1. The number of thiophene rings is 1. The molecule has 0 aliphatic carbocycles. The number of hydrogen-bond donors (Lipinski definition) is 0. The Hall–Kier alpha value is -7.78.